The van der Waals surface area contributed by atoms with Crippen molar-refractivity contribution >= 4 is 27.0 Å². The Morgan fingerprint density at radius 1 is 1.18 bits per heavy atom. The summed E-state index contributed by atoms with van der Waals surface area (Å²) in [6.45, 7) is 0.247. The van der Waals surface area contributed by atoms with E-state index in [0.29, 0.717) is 11.7 Å². The van der Waals surface area contributed by atoms with Gasteiger partial charge in [-0.15, -0.1) is 11.3 Å². The van der Waals surface area contributed by atoms with Crippen molar-refractivity contribution in [3.05, 3.63) is 54.0 Å². The Morgan fingerprint density at radius 3 is 2.57 bits per heavy atom. The average molecular weight is 418 g/mol. The zero-order valence-corrected chi connectivity index (χ0v) is 17.5. The normalized spacial score (nSPS) is 14.8. The zero-order valence-electron chi connectivity index (χ0n) is 15.9. The molecule has 0 spiro atoms. The molecule has 1 aromatic carbocycles. The molecule has 0 saturated heterocycles. The molecule has 148 valence electrons. The summed E-state index contributed by atoms with van der Waals surface area (Å²) in [7, 11) is 0.357. The Bertz CT molecular complexity index is 1050. The first-order chi connectivity index (χ1) is 13.4. The third-order valence-electron chi connectivity index (χ3n) is 4.99. The molecule has 0 unspecified atom stereocenters. The van der Waals surface area contributed by atoms with E-state index < -0.39 is 10.0 Å². The SMILES string of the molecule is CN(C)c1ccc(CNS(=O)(=O)c2ccc(-c3cnc(C4CCC4)o3)s2)cc1. The number of nitrogens with zero attached hydrogens (tertiary/aromatic N) is 2. The number of hydrogen-bond acceptors (Lipinski definition) is 6. The monoisotopic (exact) mass is 417 g/mol. The van der Waals surface area contributed by atoms with Gasteiger partial charge >= 0.3 is 0 Å². The molecule has 0 amide bonds. The Balaban J connectivity index is 1.43. The lowest BCUT2D eigenvalue weighted by Crippen LogP contribution is -2.22. The molecule has 1 aliphatic rings. The van der Waals surface area contributed by atoms with Crippen LogP contribution in [0.2, 0.25) is 0 Å². The van der Waals surface area contributed by atoms with Crippen molar-refractivity contribution < 1.29 is 12.8 Å². The van der Waals surface area contributed by atoms with Gasteiger partial charge in [-0.3, -0.25) is 0 Å². The fourth-order valence-electron chi connectivity index (χ4n) is 3.00. The van der Waals surface area contributed by atoms with Gasteiger partial charge in [0, 0.05) is 32.2 Å². The van der Waals surface area contributed by atoms with Crippen molar-refractivity contribution in [3.63, 3.8) is 0 Å². The smallest absolute Gasteiger partial charge is 0.250 e. The van der Waals surface area contributed by atoms with Crippen LogP contribution in [0.15, 0.2) is 51.2 Å². The molecule has 0 bridgehead atoms. The van der Waals surface area contributed by atoms with E-state index in [4.69, 9.17) is 4.42 Å². The van der Waals surface area contributed by atoms with Gasteiger partial charge in [-0.1, -0.05) is 18.6 Å². The number of sulfonamides is 1. The largest absolute Gasteiger partial charge is 0.440 e. The number of rotatable bonds is 7. The second-order valence-electron chi connectivity index (χ2n) is 7.19. The van der Waals surface area contributed by atoms with E-state index in [9.17, 15) is 8.42 Å². The van der Waals surface area contributed by atoms with E-state index in [1.54, 1.807) is 18.3 Å². The lowest BCUT2D eigenvalue weighted by atomic mass is 9.85. The van der Waals surface area contributed by atoms with Crippen LogP contribution in [0.25, 0.3) is 10.6 Å². The Hall–Kier alpha value is -2.16. The molecule has 0 atom stereocenters. The van der Waals surface area contributed by atoms with Gasteiger partial charge < -0.3 is 9.32 Å². The molecular formula is C20H23N3O3S2. The molecule has 0 radical (unpaired) electrons. The van der Waals surface area contributed by atoms with Crippen molar-refractivity contribution in [2.75, 3.05) is 19.0 Å². The molecule has 3 aromatic rings. The molecule has 28 heavy (non-hydrogen) atoms. The van der Waals surface area contributed by atoms with Crippen LogP contribution in [0.4, 0.5) is 5.69 Å². The first-order valence-electron chi connectivity index (χ1n) is 9.24. The quantitative estimate of drug-likeness (QED) is 0.623. The predicted molar refractivity (Wildman–Crippen MR) is 111 cm³/mol. The third kappa shape index (κ3) is 3.99. The van der Waals surface area contributed by atoms with E-state index >= 15 is 0 Å². The second-order valence-corrected chi connectivity index (χ2v) is 10.3. The van der Waals surface area contributed by atoms with Gasteiger partial charge in [0.05, 0.1) is 11.1 Å². The van der Waals surface area contributed by atoms with Crippen molar-refractivity contribution in [2.24, 2.45) is 0 Å². The molecule has 1 N–H and O–H groups in total. The summed E-state index contributed by atoms with van der Waals surface area (Å²) < 4.78 is 34.1. The van der Waals surface area contributed by atoms with E-state index in [-0.39, 0.29) is 10.8 Å². The first kappa shape index (κ1) is 19.2. The van der Waals surface area contributed by atoms with E-state index in [1.807, 2.05) is 43.3 Å². The third-order valence-corrected chi connectivity index (χ3v) is 7.98. The standard InChI is InChI=1S/C20H23N3O3S2/c1-23(2)16-8-6-14(7-9-16)12-22-28(24,25)19-11-10-18(27-19)17-13-21-20(26-17)15-4-3-5-15/h6-11,13,15,22H,3-5,12H2,1-2H3. The topological polar surface area (TPSA) is 75.4 Å². The van der Waals surface area contributed by atoms with Gasteiger partial charge in [-0.2, -0.15) is 0 Å². The van der Waals surface area contributed by atoms with Gasteiger partial charge in [0.15, 0.2) is 11.7 Å². The van der Waals surface area contributed by atoms with Crippen LogP contribution in [0.5, 0.6) is 0 Å². The van der Waals surface area contributed by atoms with Crippen LogP contribution in [0.3, 0.4) is 0 Å². The molecule has 8 heteroatoms. The van der Waals surface area contributed by atoms with E-state index in [2.05, 4.69) is 9.71 Å². The first-order valence-corrected chi connectivity index (χ1v) is 11.5. The molecule has 1 aliphatic carbocycles. The maximum absolute atomic E-state index is 12.6. The van der Waals surface area contributed by atoms with Gasteiger partial charge in [-0.25, -0.2) is 18.1 Å². The summed E-state index contributed by atoms with van der Waals surface area (Å²) in [5.41, 5.74) is 1.98. The average Bonchev–Trinajstić information content (AvgIpc) is 3.28. The van der Waals surface area contributed by atoms with Crippen LogP contribution in [0.1, 0.15) is 36.6 Å². The Morgan fingerprint density at radius 2 is 1.93 bits per heavy atom. The maximum atomic E-state index is 12.6. The minimum Gasteiger partial charge on any atom is -0.440 e. The Kier molecular flexibility index (Phi) is 5.27. The van der Waals surface area contributed by atoms with Crippen molar-refractivity contribution in [2.45, 2.75) is 35.9 Å². The minimum absolute atomic E-state index is 0.247. The van der Waals surface area contributed by atoms with Crippen LogP contribution in [0, 0.1) is 0 Å². The molecule has 2 heterocycles. The van der Waals surface area contributed by atoms with Crippen molar-refractivity contribution in [3.8, 4) is 10.6 Å². The molecule has 1 fully saturated rings. The fourth-order valence-corrected chi connectivity index (χ4v) is 5.32. The molecule has 6 nitrogen and oxygen atoms in total. The van der Waals surface area contributed by atoms with Gasteiger partial charge in [-0.05, 0) is 42.7 Å². The van der Waals surface area contributed by atoms with Gasteiger partial charge in [0.25, 0.3) is 0 Å². The van der Waals surface area contributed by atoms with Crippen molar-refractivity contribution in [1.29, 1.82) is 0 Å². The minimum atomic E-state index is -3.58. The fraction of sp³-hybridized carbons (Fsp3) is 0.350. The van der Waals surface area contributed by atoms with Crippen molar-refractivity contribution in [1.82, 2.24) is 9.71 Å². The highest BCUT2D eigenvalue weighted by atomic mass is 32.2. The number of thiophene rings is 1. The summed E-state index contributed by atoms with van der Waals surface area (Å²) in [5.74, 6) is 1.81. The van der Waals surface area contributed by atoms with Gasteiger partial charge in [0.1, 0.15) is 4.21 Å². The summed E-state index contributed by atoms with van der Waals surface area (Å²) in [4.78, 5) is 7.13. The molecule has 2 aromatic heterocycles. The highest BCUT2D eigenvalue weighted by molar-refractivity contribution is 7.91. The summed E-state index contributed by atoms with van der Waals surface area (Å²) >= 11 is 1.19. The predicted octanol–water partition coefficient (Wildman–Crippen LogP) is 4.22. The number of hydrogen-bond donors (Lipinski definition) is 1. The zero-order chi connectivity index (χ0) is 19.7. The number of benzene rings is 1. The number of anilines is 1. The number of nitrogens with one attached hydrogen (secondary N) is 1. The van der Waals surface area contributed by atoms with Crippen LogP contribution < -0.4 is 9.62 Å². The van der Waals surface area contributed by atoms with Crippen LogP contribution >= 0.6 is 11.3 Å². The van der Waals surface area contributed by atoms with Crippen LogP contribution in [-0.2, 0) is 16.6 Å². The summed E-state index contributed by atoms with van der Waals surface area (Å²) in [5, 5.41) is 0. The van der Waals surface area contributed by atoms with E-state index in [1.165, 1.54) is 17.8 Å². The maximum Gasteiger partial charge on any atom is 0.250 e. The molecule has 4 rings (SSSR count). The molecular weight excluding hydrogens is 394 g/mol. The summed E-state index contributed by atoms with van der Waals surface area (Å²) in [6, 6.07) is 11.2. The lowest BCUT2D eigenvalue weighted by Gasteiger charge is -2.21. The second kappa shape index (κ2) is 7.69. The highest BCUT2D eigenvalue weighted by Gasteiger charge is 2.25. The number of aromatic nitrogens is 1. The Labute approximate surface area is 169 Å². The summed E-state index contributed by atoms with van der Waals surface area (Å²) in [6.07, 6.45) is 5.13. The molecule has 0 aliphatic heterocycles. The highest BCUT2D eigenvalue weighted by Crippen LogP contribution is 2.38. The molecule has 1 saturated carbocycles. The lowest BCUT2D eigenvalue weighted by molar-refractivity contribution is 0.338. The van der Waals surface area contributed by atoms with Gasteiger partial charge in [0.2, 0.25) is 10.0 Å². The van der Waals surface area contributed by atoms with Crippen LogP contribution in [-0.4, -0.2) is 27.5 Å². The number of oxazole rings is 1. The van der Waals surface area contributed by atoms with E-state index in [0.717, 1.165) is 34.9 Å².